The standard InChI is InChI=1S/C16H21NO3S/c1-13(2)12-21(19,20)15-10-17(11-15)16(18)9-8-14-6-4-3-5-7-14/h3-9,13,15H,10-12H2,1-2H3/b9-8+. The van der Waals surface area contributed by atoms with E-state index in [4.69, 9.17) is 0 Å². The second-order valence-corrected chi connectivity index (χ2v) is 8.16. The Balaban J connectivity index is 1.87. The molecule has 21 heavy (non-hydrogen) atoms. The van der Waals surface area contributed by atoms with E-state index in [1.54, 1.807) is 11.0 Å². The second-order valence-electron chi connectivity index (χ2n) is 5.83. The number of amides is 1. The Kier molecular flexibility index (Phi) is 4.83. The van der Waals surface area contributed by atoms with E-state index in [1.165, 1.54) is 6.08 Å². The highest BCUT2D eigenvalue weighted by molar-refractivity contribution is 7.92. The van der Waals surface area contributed by atoms with Crippen LogP contribution in [0, 0.1) is 5.92 Å². The molecule has 0 aliphatic carbocycles. The normalized spacial score (nSPS) is 16.4. The summed E-state index contributed by atoms with van der Waals surface area (Å²) >= 11 is 0. The molecule has 114 valence electrons. The van der Waals surface area contributed by atoms with Crippen molar-refractivity contribution in [2.24, 2.45) is 5.92 Å². The molecule has 0 N–H and O–H groups in total. The summed E-state index contributed by atoms with van der Waals surface area (Å²) in [5.41, 5.74) is 0.954. The maximum Gasteiger partial charge on any atom is 0.246 e. The van der Waals surface area contributed by atoms with Gasteiger partial charge in [-0.3, -0.25) is 4.79 Å². The summed E-state index contributed by atoms with van der Waals surface area (Å²) in [5, 5.41) is -0.394. The van der Waals surface area contributed by atoms with E-state index in [0.29, 0.717) is 13.1 Å². The third-order valence-electron chi connectivity index (χ3n) is 3.45. The molecule has 1 heterocycles. The van der Waals surface area contributed by atoms with Crippen LogP contribution in [-0.2, 0) is 14.6 Å². The molecule has 1 aromatic carbocycles. The van der Waals surface area contributed by atoms with Gasteiger partial charge in [-0.05, 0) is 17.6 Å². The van der Waals surface area contributed by atoms with Crippen molar-refractivity contribution in [3.05, 3.63) is 42.0 Å². The van der Waals surface area contributed by atoms with Gasteiger partial charge in [0.1, 0.15) is 0 Å². The predicted molar refractivity (Wildman–Crippen MR) is 84.5 cm³/mol. The molecule has 1 aromatic rings. The number of benzene rings is 1. The highest BCUT2D eigenvalue weighted by atomic mass is 32.2. The third kappa shape index (κ3) is 4.17. The van der Waals surface area contributed by atoms with Crippen molar-refractivity contribution < 1.29 is 13.2 Å². The van der Waals surface area contributed by atoms with Crippen LogP contribution >= 0.6 is 0 Å². The molecule has 0 saturated carbocycles. The van der Waals surface area contributed by atoms with Gasteiger partial charge in [-0.15, -0.1) is 0 Å². The van der Waals surface area contributed by atoms with Crippen LogP contribution in [0.25, 0.3) is 6.08 Å². The van der Waals surface area contributed by atoms with E-state index in [9.17, 15) is 13.2 Å². The molecule has 0 atom stereocenters. The number of carbonyl (C=O) groups is 1. The minimum atomic E-state index is -3.07. The molecule has 1 fully saturated rings. The molecular weight excluding hydrogens is 286 g/mol. The largest absolute Gasteiger partial charge is 0.336 e. The fraction of sp³-hybridized carbons (Fsp3) is 0.438. The summed E-state index contributed by atoms with van der Waals surface area (Å²) in [7, 11) is -3.07. The minimum absolute atomic E-state index is 0.123. The van der Waals surface area contributed by atoms with Crippen LogP contribution in [-0.4, -0.2) is 43.3 Å². The number of carbonyl (C=O) groups excluding carboxylic acids is 1. The van der Waals surface area contributed by atoms with E-state index in [2.05, 4.69) is 0 Å². The molecule has 2 rings (SSSR count). The summed E-state index contributed by atoms with van der Waals surface area (Å²) < 4.78 is 24.0. The average Bonchev–Trinajstić information content (AvgIpc) is 2.33. The second kappa shape index (κ2) is 6.43. The summed E-state index contributed by atoms with van der Waals surface area (Å²) in [6.45, 7) is 4.41. The van der Waals surface area contributed by atoms with E-state index >= 15 is 0 Å². The summed E-state index contributed by atoms with van der Waals surface area (Å²) in [5.74, 6) is 0.187. The van der Waals surface area contributed by atoms with Crippen LogP contribution in [0.5, 0.6) is 0 Å². The van der Waals surface area contributed by atoms with Crippen LogP contribution in [0.15, 0.2) is 36.4 Å². The monoisotopic (exact) mass is 307 g/mol. The number of sulfone groups is 1. The topological polar surface area (TPSA) is 54.5 Å². The van der Waals surface area contributed by atoms with Crippen LogP contribution in [0.2, 0.25) is 0 Å². The van der Waals surface area contributed by atoms with E-state index < -0.39 is 15.1 Å². The summed E-state index contributed by atoms with van der Waals surface area (Å²) in [6.07, 6.45) is 3.25. The highest BCUT2D eigenvalue weighted by Gasteiger charge is 2.38. The fourth-order valence-corrected chi connectivity index (χ4v) is 4.30. The van der Waals surface area contributed by atoms with Gasteiger partial charge in [0.05, 0.1) is 11.0 Å². The van der Waals surface area contributed by atoms with Gasteiger partial charge in [-0.2, -0.15) is 0 Å². The number of rotatable bonds is 5. The maximum absolute atomic E-state index is 12.0. The predicted octanol–water partition coefficient (Wildman–Crippen LogP) is 1.98. The number of nitrogens with zero attached hydrogens (tertiary/aromatic N) is 1. The van der Waals surface area contributed by atoms with Gasteiger partial charge < -0.3 is 4.90 Å². The molecule has 0 bridgehead atoms. The van der Waals surface area contributed by atoms with Gasteiger partial charge in [-0.1, -0.05) is 44.2 Å². The smallest absolute Gasteiger partial charge is 0.246 e. The summed E-state index contributed by atoms with van der Waals surface area (Å²) in [4.78, 5) is 13.5. The van der Waals surface area contributed by atoms with Crippen molar-refractivity contribution in [2.75, 3.05) is 18.8 Å². The van der Waals surface area contributed by atoms with Crippen LogP contribution in [0.3, 0.4) is 0 Å². The van der Waals surface area contributed by atoms with Crippen LogP contribution in [0.4, 0.5) is 0 Å². The van der Waals surface area contributed by atoms with E-state index in [0.717, 1.165) is 5.56 Å². The lowest BCUT2D eigenvalue weighted by Crippen LogP contribution is -2.57. The zero-order chi connectivity index (χ0) is 15.5. The minimum Gasteiger partial charge on any atom is -0.336 e. The Morgan fingerprint density at radius 1 is 1.29 bits per heavy atom. The molecule has 1 aliphatic rings. The first-order valence-electron chi connectivity index (χ1n) is 7.12. The van der Waals surface area contributed by atoms with E-state index in [-0.39, 0.29) is 17.6 Å². The Bertz CT molecular complexity index is 614. The average molecular weight is 307 g/mol. The Labute approximate surface area is 126 Å². The third-order valence-corrected chi connectivity index (χ3v) is 5.90. The van der Waals surface area contributed by atoms with Gasteiger partial charge in [0.2, 0.25) is 5.91 Å². The van der Waals surface area contributed by atoms with Crippen LogP contribution < -0.4 is 0 Å². The number of likely N-dealkylation sites (tertiary alicyclic amines) is 1. The Hall–Kier alpha value is -1.62. The molecule has 4 nitrogen and oxygen atoms in total. The first-order valence-corrected chi connectivity index (χ1v) is 8.83. The van der Waals surface area contributed by atoms with Crippen molar-refractivity contribution >= 4 is 21.8 Å². The van der Waals surface area contributed by atoms with Gasteiger partial charge in [0.25, 0.3) is 0 Å². The molecule has 1 amide bonds. The maximum atomic E-state index is 12.0. The number of hydrogen-bond donors (Lipinski definition) is 0. The van der Waals surface area contributed by atoms with Crippen molar-refractivity contribution in [1.82, 2.24) is 4.90 Å². The SMILES string of the molecule is CC(C)CS(=O)(=O)C1CN(C(=O)/C=C/c2ccccc2)C1. The first kappa shape index (κ1) is 15.8. The Morgan fingerprint density at radius 3 is 2.48 bits per heavy atom. The molecule has 5 heteroatoms. The van der Waals surface area contributed by atoms with Gasteiger partial charge in [0, 0.05) is 19.2 Å². The van der Waals surface area contributed by atoms with Gasteiger partial charge in [-0.25, -0.2) is 8.42 Å². The van der Waals surface area contributed by atoms with Gasteiger partial charge in [0.15, 0.2) is 9.84 Å². The molecule has 0 radical (unpaired) electrons. The molecule has 0 spiro atoms. The molecular formula is C16H21NO3S. The highest BCUT2D eigenvalue weighted by Crippen LogP contribution is 2.19. The van der Waals surface area contributed by atoms with Crippen molar-refractivity contribution in [3.8, 4) is 0 Å². The first-order chi connectivity index (χ1) is 9.88. The zero-order valence-corrected chi connectivity index (χ0v) is 13.2. The van der Waals surface area contributed by atoms with Gasteiger partial charge >= 0.3 is 0 Å². The van der Waals surface area contributed by atoms with E-state index in [1.807, 2.05) is 44.2 Å². The quantitative estimate of drug-likeness (QED) is 0.782. The van der Waals surface area contributed by atoms with Crippen molar-refractivity contribution in [2.45, 2.75) is 19.1 Å². The molecule has 1 saturated heterocycles. The molecule has 0 unspecified atom stereocenters. The number of hydrogen-bond acceptors (Lipinski definition) is 3. The van der Waals surface area contributed by atoms with Crippen molar-refractivity contribution in [3.63, 3.8) is 0 Å². The molecule has 1 aliphatic heterocycles. The fourth-order valence-electron chi connectivity index (χ4n) is 2.28. The van der Waals surface area contributed by atoms with Crippen LogP contribution in [0.1, 0.15) is 19.4 Å². The Morgan fingerprint density at radius 2 is 1.90 bits per heavy atom. The lowest BCUT2D eigenvalue weighted by Gasteiger charge is -2.38. The summed E-state index contributed by atoms with van der Waals surface area (Å²) in [6, 6.07) is 9.55. The lowest BCUT2D eigenvalue weighted by molar-refractivity contribution is -0.128. The van der Waals surface area contributed by atoms with Crippen molar-refractivity contribution in [1.29, 1.82) is 0 Å². The zero-order valence-electron chi connectivity index (χ0n) is 12.4. The molecule has 0 aromatic heterocycles. The lowest BCUT2D eigenvalue weighted by atomic mass is 10.2.